The molecule has 0 amide bonds. The number of benzene rings is 1. The van der Waals surface area contributed by atoms with E-state index in [1.165, 1.54) is 0 Å². The molecule has 1 aromatic heterocycles. The minimum atomic E-state index is 0.564. The number of hydrogen-bond acceptors (Lipinski definition) is 3. The summed E-state index contributed by atoms with van der Waals surface area (Å²) in [6, 6.07) is 9.94. The lowest BCUT2D eigenvalue weighted by molar-refractivity contribution is 0.908. The summed E-state index contributed by atoms with van der Waals surface area (Å²) in [7, 11) is 0. The van der Waals surface area contributed by atoms with Crippen LogP contribution < -0.4 is 5.32 Å². The molecule has 0 unspecified atom stereocenters. The largest absolute Gasteiger partial charge is 0.383 e. The van der Waals surface area contributed by atoms with E-state index in [9.17, 15) is 0 Å². The van der Waals surface area contributed by atoms with Crippen molar-refractivity contribution in [3.8, 4) is 18.4 Å². The zero-order valence-electron chi connectivity index (χ0n) is 9.98. The van der Waals surface area contributed by atoms with Crippen LogP contribution in [0.15, 0.2) is 30.5 Å². The number of para-hydroxylation sites is 1. The van der Waals surface area contributed by atoms with E-state index in [1.54, 1.807) is 6.20 Å². The van der Waals surface area contributed by atoms with E-state index < -0.39 is 0 Å². The summed E-state index contributed by atoms with van der Waals surface area (Å²) in [5, 5.41) is 13.4. The number of nitrogens with one attached hydrogen (secondary N) is 1. The molecule has 2 rings (SSSR count). The Morgan fingerprint density at radius 3 is 2.94 bits per heavy atom. The van der Waals surface area contributed by atoms with Gasteiger partial charge in [0.1, 0.15) is 6.07 Å². The lowest BCUT2D eigenvalue weighted by Gasteiger charge is -2.10. The summed E-state index contributed by atoms with van der Waals surface area (Å²) < 4.78 is 0. The van der Waals surface area contributed by atoms with Gasteiger partial charge in [0.05, 0.1) is 16.8 Å². The van der Waals surface area contributed by atoms with Crippen molar-refractivity contribution in [1.82, 2.24) is 4.98 Å². The van der Waals surface area contributed by atoms with Gasteiger partial charge >= 0.3 is 0 Å². The van der Waals surface area contributed by atoms with Crippen LogP contribution in [0.2, 0.25) is 0 Å². The van der Waals surface area contributed by atoms with E-state index >= 15 is 0 Å². The Kier molecular flexibility index (Phi) is 3.79. The SMILES string of the molecule is C#CCCCNc1c(C#N)cnc2ccccc12. The van der Waals surface area contributed by atoms with Crippen molar-refractivity contribution in [1.29, 1.82) is 5.26 Å². The Labute approximate surface area is 106 Å². The molecule has 2 aromatic rings. The minimum Gasteiger partial charge on any atom is -0.383 e. The molecule has 1 aromatic carbocycles. The molecule has 0 bridgehead atoms. The predicted octanol–water partition coefficient (Wildman–Crippen LogP) is 2.93. The van der Waals surface area contributed by atoms with Crippen LogP contribution in [0.25, 0.3) is 10.9 Å². The molecule has 0 atom stereocenters. The second-order valence-electron chi connectivity index (χ2n) is 3.91. The van der Waals surface area contributed by atoms with Crippen LogP contribution >= 0.6 is 0 Å². The molecule has 0 fully saturated rings. The normalized spacial score (nSPS) is 9.67. The van der Waals surface area contributed by atoms with Gasteiger partial charge in [-0.15, -0.1) is 12.3 Å². The molecule has 3 nitrogen and oxygen atoms in total. The molecule has 3 heteroatoms. The zero-order chi connectivity index (χ0) is 12.8. The Morgan fingerprint density at radius 1 is 1.33 bits per heavy atom. The Balaban J connectivity index is 2.34. The van der Waals surface area contributed by atoms with Gasteiger partial charge in [0.2, 0.25) is 0 Å². The quantitative estimate of drug-likeness (QED) is 0.654. The molecule has 0 saturated carbocycles. The third-order valence-electron chi connectivity index (χ3n) is 2.70. The third kappa shape index (κ3) is 2.42. The molecule has 0 aliphatic heterocycles. The number of nitrogens with zero attached hydrogens (tertiary/aromatic N) is 2. The second kappa shape index (κ2) is 5.70. The minimum absolute atomic E-state index is 0.564. The highest BCUT2D eigenvalue weighted by molar-refractivity contribution is 5.93. The summed E-state index contributed by atoms with van der Waals surface area (Å²) in [6.07, 6.45) is 8.44. The van der Waals surface area contributed by atoms with E-state index in [-0.39, 0.29) is 0 Å². The molecule has 0 radical (unpaired) electrons. The van der Waals surface area contributed by atoms with Crippen LogP contribution in [0.1, 0.15) is 18.4 Å². The van der Waals surface area contributed by atoms with Crippen molar-refractivity contribution in [3.05, 3.63) is 36.0 Å². The lowest BCUT2D eigenvalue weighted by atomic mass is 10.1. The second-order valence-corrected chi connectivity index (χ2v) is 3.91. The van der Waals surface area contributed by atoms with Gasteiger partial charge in [-0.2, -0.15) is 5.26 Å². The van der Waals surface area contributed by atoms with Gasteiger partial charge in [0.25, 0.3) is 0 Å². The number of unbranched alkanes of at least 4 members (excludes halogenated alkanes) is 1. The fourth-order valence-corrected chi connectivity index (χ4v) is 1.82. The molecule has 88 valence electrons. The molecular formula is C15H13N3. The summed E-state index contributed by atoms with van der Waals surface area (Å²) in [6.45, 7) is 0.757. The summed E-state index contributed by atoms with van der Waals surface area (Å²) in [5.41, 5.74) is 2.30. The first-order chi connectivity index (χ1) is 8.86. The number of fused-ring (bicyclic) bond motifs is 1. The van der Waals surface area contributed by atoms with Gasteiger partial charge < -0.3 is 5.32 Å². The van der Waals surface area contributed by atoms with Crippen molar-refractivity contribution in [2.24, 2.45) is 0 Å². The van der Waals surface area contributed by atoms with Crippen molar-refractivity contribution in [2.45, 2.75) is 12.8 Å². The molecule has 1 N–H and O–H groups in total. The number of terminal acetylenes is 1. The van der Waals surface area contributed by atoms with Crippen LogP contribution in [0.4, 0.5) is 5.69 Å². The fourth-order valence-electron chi connectivity index (χ4n) is 1.82. The van der Waals surface area contributed by atoms with Gasteiger partial charge in [0.15, 0.2) is 0 Å². The average Bonchev–Trinajstić information content (AvgIpc) is 2.43. The Bertz CT molecular complexity index is 632. The first kappa shape index (κ1) is 12.0. The van der Waals surface area contributed by atoms with E-state index in [1.807, 2.05) is 24.3 Å². The molecular weight excluding hydrogens is 222 g/mol. The van der Waals surface area contributed by atoms with Crippen LogP contribution in [0.5, 0.6) is 0 Å². The number of hydrogen-bond donors (Lipinski definition) is 1. The highest BCUT2D eigenvalue weighted by atomic mass is 14.9. The molecule has 0 aliphatic carbocycles. The highest BCUT2D eigenvalue weighted by Gasteiger charge is 2.07. The maximum absolute atomic E-state index is 9.12. The van der Waals surface area contributed by atoms with E-state index in [0.29, 0.717) is 5.56 Å². The van der Waals surface area contributed by atoms with Crippen molar-refractivity contribution >= 4 is 16.6 Å². The van der Waals surface area contributed by atoms with Crippen LogP contribution in [-0.4, -0.2) is 11.5 Å². The molecule has 1 heterocycles. The van der Waals surface area contributed by atoms with Gasteiger partial charge in [-0.25, -0.2) is 0 Å². The molecule has 0 saturated heterocycles. The number of pyridine rings is 1. The third-order valence-corrected chi connectivity index (χ3v) is 2.70. The van der Waals surface area contributed by atoms with E-state index in [2.05, 4.69) is 22.3 Å². The monoisotopic (exact) mass is 235 g/mol. The molecule has 0 aliphatic rings. The van der Waals surface area contributed by atoms with Crippen LogP contribution in [-0.2, 0) is 0 Å². The number of aromatic nitrogens is 1. The van der Waals surface area contributed by atoms with E-state index in [0.717, 1.165) is 36.0 Å². The fraction of sp³-hybridized carbons (Fsp3) is 0.200. The van der Waals surface area contributed by atoms with Gasteiger partial charge in [0, 0.05) is 24.5 Å². The Morgan fingerprint density at radius 2 is 2.17 bits per heavy atom. The van der Waals surface area contributed by atoms with Gasteiger partial charge in [-0.05, 0) is 12.5 Å². The van der Waals surface area contributed by atoms with E-state index in [4.69, 9.17) is 11.7 Å². The zero-order valence-corrected chi connectivity index (χ0v) is 9.98. The topological polar surface area (TPSA) is 48.7 Å². The summed E-state index contributed by atoms with van der Waals surface area (Å²) in [4.78, 5) is 4.26. The number of nitriles is 1. The van der Waals surface area contributed by atoms with Crippen LogP contribution in [0, 0.1) is 23.7 Å². The Hall–Kier alpha value is -2.52. The molecule has 0 spiro atoms. The van der Waals surface area contributed by atoms with Crippen molar-refractivity contribution in [2.75, 3.05) is 11.9 Å². The average molecular weight is 235 g/mol. The highest BCUT2D eigenvalue weighted by Crippen LogP contribution is 2.25. The number of anilines is 1. The first-order valence-electron chi connectivity index (χ1n) is 5.82. The van der Waals surface area contributed by atoms with Gasteiger partial charge in [-0.3, -0.25) is 4.98 Å². The summed E-state index contributed by atoms with van der Waals surface area (Å²) in [5.74, 6) is 2.60. The lowest BCUT2D eigenvalue weighted by Crippen LogP contribution is -2.04. The molecule has 18 heavy (non-hydrogen) atoms. The smallest absolute Gasteiger partial charge is 0.103 e. The van der Waals surface area contributed by atoms with Crippen molar-refractivity contribution < 1.29 is 0 Å². The predicted molar refractivity (Wildman–Crippen MR) is 73.0 cm³/mol. The van der Waals surface area contributed by atoms with Crippen molar-refractivity contribution in [3.63, 3.8) is 0 Å². The van der Waals surface area contributed by atoms with Gasteiger partial charge in [-0.1, -0.05) is 18.2 Å². The van der Waals surface area contributed by atoms with Crippen LogP contribution in [0.3, 0.4) is 0 Å². The summed E-state index contributed by atoms with van der Waals surface area (Å²) >= 11 is 0. The maximum Gasteiger partial charge on any atom is 0.103 e. The first-order valence-corrected chi connectivity index (χ1v) is 5.82. The maximum atomic E-state index is 9.12. The standard InChI is InChI=1S/C15H13N3/c1-2-3-6-9-17-15-12(10-16)11-18-14-8-5-4-7-13(14)15/h1,4-5,7-8,11H,3,6,9H2,(H,17,18). The number of rotatable bonds is 4.